The number of rotatable bonds is 1. The van der Waals surface area contributed by atoms with Gasteiger partial charge in [-0.2, -0.15) is 0 Å². The summed E-state index contributed by atoms with van der Waals surface area (Å²) in [6, 6.07) is 0. The van der Waals surface area contributed by atoms with Crippen LogP contribution in [0.5, 0.6) is 0 Å². The van der Waals surface area contributed by atoms with Gasteiger partial charge in [0.1, 0.15) is 12.2 Å². The summed E-state index contributed by atoms with van der Waals surface area (Å²) in [6.07, 6.45) is -0.832. The lowest BCUT2D eigenvalue weighted by Gasteiger charge is -2.32. The fraction of sp³-hybridized carbons (Fsp3) is 0.706. The van der Waals surface area contributed by atoms with Gasteiger partial charge in [-0.15, -0.1) is 0 Å². The summed E-state index contributed by atoms with van der Waals surface area (Å²) in [7, 11) is 0. The molecule has 6 unspecified atom stereocenters. The number of ketones is 1. The fourth-order valence-corrected chi connectivity index (χ4v) is 4.37. The van der Waals surface area contributed by atoms with Gasteiger partial charge in [-0.25, -0.2) is 0 Å². The Balaban J connectivity index is 2.12. The van der Waals surface area contributed by atoms with Crippen LogP contribution in [0.3, 0.4) is 0 Å². The maximum Gasteiger partial charge on any atom is 0.309 e. The molecule has 0 aromatic rings. The van der Waals surface area contributed by atoms with Crippen molar-refractivity contribution in [3.8, 4) is 0 Å². The minimum absolute atomic E-state index is 0.0226. The van der Waals surface area contributed by atoms with Crippen molar-refractivity contribution >= 4 is 17.7 Å². The maximum absolute atomic E-state index is 12.2. The largest absolute Gasteiger partial charge is 0.462 e. The van der Waals surface area contributed by atoms with Gasteiger partial charge in [0.25, 0.3) is 0 Å². The first kappa shape index (κ1) is 16.2. The molecule has 6 atom stereocenters. The number of fused-ring (bicyclic) bond motifs is 3. The Labute approximate surface area is 134 Å². The van der Waals surface area contributed by atoms with Gasteiger partial charge in [0.2, 0.25) is 0 Å². The Bertz CT molecular complexity index is 617. The summed E-state index contributed by atoms with van der Waals surface area (Å²) in [5.41, 5.74) is 0.0762. The molecule has 3 rings (SSSR count). The Morgan fingerprint density at radius 1 is 1.39 bits per heavy atom. The second-order valence-electron chi connectivity index (χ2n) is 7.19. The molecular formula is C17H22O6. The van der Waals surface area contributed by atoms with E-state index in [-0.39, 0.29) is 30.5 Å². The fourth-order valence-electron chi connectivity index (χ4n) is 4.37. The molecule has 1 N–H and O–H groups in total. The molecule has 0 aromatic heterocycles. The van der Waals surface area contributed by atoms with Crippen molar-refractivity contribution in [1.29, 1.82) is 0 Å². The van der Waals surface area contributed by atoms with Crippen LogP contribution in [0.2, 0.25) is 0 Å². The number of carbonyl (C=O) groups is 3. The molecule has 6 heteroatoms. The predicted molar refractivity (Wildman–Crippen MR) is 79.1 cm³/mol. The van der Waals surface area contributed by atoms with E-state index in [1.807, 2.05) is 0 Å². The molecule has 1 saturated heterocycles. The Kier molecular flexibility index (Phi) is 3.63. The third kappa shape index (κ3) is 2.40. The van der Waals surface area contributed by atoms with Gasteiger partial charge in [-0.3, -0.25) is 14.4 Å². The van der Waals surface area contributed by atoms with Crippen LogP contribution in [0.4, 0.5) is 0 Å². The van der Waals surface area contributed by atoms with Crippen molar-refractivity contribution in [2.45, 2.75) is 58.3 Å². The highest BCUT2D eigenvalue weighted by Gasteiger charge is 2.58. The molecule has 0 aromatic carbocycles. The molecule has 0 amide bonds. The lowest BCUT2D eigenvalue weighted by Crippen LogP contribution is -2.40. The van der Waals surface area contributed by atoms with Crippen LogP contribution >= 0.6 is 0 Å². The van der Waals surface area contributed by atoms with Gasteiger partial charge in [0.15, 0.2) is 5.78 Å². The van der Waals surface area contributed by atoms with Crippen molar-refractivity contribution in [2.75, 3.05) is 0 Å². The summed E-state index contributed by atoms with van der Waals surface area (Å²) in [5.74, 6) is -2.05. The third-order valence-corrected chi connectivity index (χ3v) is 5.58. The third-order valence-electron chi connectivity index (χ3n) is 5.58. The molecule has 2 aliphatic carbocycles. The van der Waals surface area contributed by atoms with E-state index < -0.39 is 35.6 Å². The Morgan fingerprint density at radius 2 is 2.04 bits per heavy atom. The van der Waals surface area contributed by atoms with E-state index in [1.165, 1.54) is 6.92 Å². The molecular weight excluding hydrogens is 300 g/mol. The zero-order valence-corrected chi connectivity index (χ0v) is 13.8. The van der Waals surface area contributed by atoms with Gasteiger partial charge < -0.3 is 14.6 Å². The predicted octanol–water partition coefficient (Wildman–Crippen LogP) is 1.16. The number of allylic oxidation sites excluding steroid dienone is 1. The van der Waals surface area contributed by atoms with Crippen molar-refractivity contribution in [3.63, 3.8) is 0 Å². The SMILES string of the molecule is CC(=O)OC1CC(C)(O)C2CC(=O)C(C)=C2C2OC(=O)C(C)C12. The minimum Gasteiger partial charge on any atom is -0.462 e. The Morgan fingerprint density at radius 3 is 2.65 bits per heavy atom. The minimum atomic E-state index is -1.20. The smallest absolute Gasteiger partial charge is 0.309 e. The summed E-state index contributed by atoms with van der Waals surface area (Å²) in [5, 5.41) is 10.9. The molecule has 23 heavy (non-hydrogen) atoms. The number of aliphatic hydroxyl groups is 1. The van der Waals surface area contributed by atoms with Crippen LogP contribution in [-0.2, 0) is 23.9 Å². The Hall–Kier alpha value is -1.69. The van der Waals surface area contributed by atoms with Crippen LogP contribution in [0.15, 0.2) is 11.1 Å². The number of Topliss-reactive ketones (excluding diaryl/α,β-unsaturated/α-hetero) is 1. The average Bonchev–Trinajstić information content (AvgIpc) is 2.84. The van der Waals surface area contributed by atoms with Crippen LogP contribution in [-0.4, -0.2) is 40.6 Å². The highest BCUT2D eigenvalue weighted by molar-refractivity contribution is 5.99. The van der Waals surface area contributed by atoms with Gasteiger partial charge in [-0.1, -0.05) is 6.92 Å². The van der Waals surface area contributed by atoms with E-state index in [1.54, 1.807) is 20.8 Å². The standard InChI is InChI=1S/C17H22O6/c1-7-11(19)5-10-13(7)15-14(8(2)16(20)23-15)12(22-9(3)18)6-17(10,4)21/h8,10,12,14-15,21H,5-6H2,1-4H3. The number of carbonyl (C=O) groups excluding carboxylic acids is 3. The van der Waals surface area contributed by atoms with Gasteiger partial charge >= 0.3 is 11.9 Å². The maximum atomic E-state index is 12.2. The number of hydrogen-bond acceptors (Lipinski definition) is 6. The summed E-state index contributed by atoms with van der Waals surface area (Å²) < 4.78 is 11.0. The quantitative estimate of drug-likeness (QED) is 0.729. The van der Waals surface area contributed by atoms with Crippen molar-refractivity contribution in [3.05, 3.63) is 11.1 Å². The van der Waals surface area contributed by atoms with Crippen LogP contribution in [0, 0.1) is 17.8 Å². The highest BCUT2D eigenvalue weighted by atomic mass is 16.6. The first-order chi connectivity index (χ1) is 10.6. The molecule has 3 aliphatic rings. The van der Waals surface area contributed by atoms with E-state index in [9.17, 15) is 19.5 Å². The van der Waals surface area contributed by atoms with E-state index in [0.29, 0.717) is 11.1 Å². The zero-order valence-electron chi connectivity index (χ0n) is 13.8. The molecule has 126 valence electrons. The lowest BCUT2D eigenvalue weighted by molar-refractivity contribution is -0.154. The first-order valence-corrected chi connectivity index (χ1v) is 7.97. The number of esters is 2. The van der Waals surface area contributed by atoms with Crippen LogP contribution in [0.1, 0.15) is 40.5 Å². The van der Waals surface area contributed by atoms with E-state index in [4.69, 9.17) is 9.47 Å². The molecule has 1 saturated carbocycles. The van der Waals surface area contributed by atoms with Crippen molar-refractivity contribution < 1.29 is 29.0 Å². The van der Waals surface area contributed by atoms with Crippen LogP contribution in [0.25, 0.3) is 0 Å². The summed E-state index contributed by atoms with van der Waals surface area (Å²) in [4.78, 5) is 35.7. The summed E-state index contributed by atoms with van der Waals surface area (Å²) >= 11 is 0. The van der Waals surface area contributed by atoms with E-state index >= 15 is 0 Å². The molecule has 1 heterocycles. The van der Waals surface area contributed by atoms with Gasteiger partial charge in [0, 0.05) is 25.7 Å². The molecule has 0 bridgehead atoms. The topological polar surface area (TPSA) is 89.9 Å². The number of hydrogen-bond donors (Lipinski definition) is 1. The molecule has 6 nitrogen and oxygen atoms in total. The van der Waals surface area contributed by atoms with Gasteiger partial charge in [0.05, 0.1) is 17.4 Å². The number of ether oxygens (including phenoxy) is 2. The molecule has 1 aliphatic heterocycles. The second-order valence-corrected chi connectivity index (χ2v) is 7.19. The second kappa shape index (κ2) is 5.16. The first-order valence-electron chi connectivity index (χ1n) is 7.97. The van der Waals surface area contributed by atoms with Gasteiger partial charge in [-0.05, 0) is 25.0 Å². The van der Waals surface area contributed by atoms with Crippen molar-refractivity contribution in [1.82, 2.24) is 0 Å². The molecule has 0 spiro atoms. The summed E-state index contributed by atoms with van der Waals surface area (Å²) in [6.45, 7) is 6.43. The highest BCUT2D eigenvalue weighted by Crippen LogP contribution is 2.51. The normalized spacial score (nSPS) is 42.9. The van der Waals surface area contributed by atoms with Crippen molar-refractivity contribution in [2.24, 2.45) is 17.8 Å². The van der Waals surface area contributed by atoms with E-state index in [0.717, 1.165) is 0 Å². The van der Waals surface area contributed by atoms with Crippen LogP contribution < -0.4 is 0 Å². The zero-order chi connectivity index (χ0) is 17.1. The van der Waals surface area contributed by atoms with E-state index in [2.05, 4.69) is 0 Å². The lowest BCUT2D eigenvalue weighted by atomic mass is 9.81. The molecule has 2 fully saturated rings. The average molecular weight is 322 g/mol. The molecule has 0 radical (unpaired) electrons. The monoisotopic (exact) mass is 322 g/mol.